The standard InChI is InChI=1S/C25H22ClN3O3S.H3N/c26-20-11-4-5-12-21(20)33-23-24(30)28-29(25(23)31)22(16-7-2-1-3-8-16)17-9-6-10-18(13-17)27-19-14-32-15-19;/h1-13,19,22,27,31H,14-15H2,(H,28,30);1H3/p-1. The molecule has 0 bridgehead atoms. The van der Waals surface area contributed by atoms with E-state index < -0.39 is 11.6 Å². The van der Waals surface area contributed by atoms with E-state index in [0.717, 1.165) is 28.6 Å². The number of rotatable bonds is 7. The highest BCUT2D eigenvalue weighted by atomic mass is 35.5. The summed E-state index contributed by atoms with van der Waals surface area (Å²) in [5, 5.41) is 20.2. The van der Waals surface area contributed by atoms with Crippen LogP contribution in [0.2, 0.25) is 5.02 Å². The predicted molar refractivity (Wildman–Crippen MR) is 133 cm³/mol. The average Bonchev–Trinajstić information content (AvgIpc) is 3.07. The molecule has 1 saturated heterocycles. The van der Waals surface area contributed by atoms with Crippen molar-refractivity contribution in [3.05, 3.63) is 105 Å². The summed E-state index contributed by atoms with van der Waals surface area (Å²) in [6, 6.07) is 24.5. The molecule has 0 amide bonds. The third-order valence-corrected chi connectivity index (χ3v) is 7.06. The van der Waals surface area contributed by atoms with Crippen molar-refractivity contribution in [3.63, 3.8) is 0 Å². The second-order valence-electron chi connectivity index (χ2n) is 7.80. The minimum Gasteiger partial charge on any atom is -0.858 e. The van der Waals surface area contributed by atoms with E-state index in [9.17, 15) is 9.90 Å². The van der Waals surface area contributed by atoms with Crippen molar-refractivity contribution in [1.29, 1.82) is 0 Å². The maximum atomic E-state index is 13.4. The lowest BCUT2D eigenvalue weighted by molar-refractivity contribution is -0.284. The van der Waals surface area contributed by atoms with Gasteiger partial charge in [0, 0.05) is 16.5 Å². The number of aromatic amines is 1. The Kier molecular flexibility index (Phi) is 7.33. The number of nitrogens with one attached hydrogen (secondary N) is 2. The lowest BCUT2D eigenvalue weighted by Crippen LogP contribution is -2.40. The van der Waals surface area contributed by atoms with Crippen LogP contribution in [-0.4, -0.2) is 29.0 Å². The fourth-order valence-corrected chi connectivity index (χ4v) is 4.91. The van der Waals surface area contributed by atoms with E-state index in [-0.39, 0.29) is 23.0 Å². The number of ether oxygens (including phenoxy) is 1. The van der Waals surface area contributed by atoms with Gasteiger partial charge in [-0.25, -0.2) is 0 Å². The topological polar surface area (TPSA) is 117 Å². The zero-order valence-electron chi connectivity index (χ0n) is 18.2. The summed E-state index contributed by atoms with van der Waals surface area (Å²) in [6.45, 7) is 1.34. The second kappa shape index (κ2) is 10.4. The Balaban J connectivity index is 0.00000274. The molecule has 0 aliphatic carbocycles. The molecule has 0 spiro atoms. The van der Waals surface area contributed by atoms with Crippen LogP contribution in [0, 0.1) is 0 Å². The van der Waals surface area contributed by atoms with Gasteiger partial charge in [-0.05, 0) is 35.4 Å². The number of halogens is 1. The van der Waals surface area contributed by atoms with Gasteiger partial charge in [-0.3, -0.25) is 14.6 Å². The summed E-state index contributed by atoms with van der Waals surface area (Å²) >= 11 is 7.34. The molecule has 5 rings (SSSR count). The Bertz CT molecular complexity index is 1320. The lowest BCUT2D eigenvalue weighted by atomic mass is 9.98. The van der Waals surface area contributed by atoms with Crippen LogP contribution < -0.4 is 22.1 Å². The van der Waals surface area contributed by atoms with Crippen molar-refractivity contribution in [2.24, 2.45) is 0 Å². The smallest absolute Gasteiger partial charge is 0.277 e. The number of aromatic nitrogens is 2. The fourth-order valence-electron chi connectivity index (χ4n) is 3.81. The van der Waals surface area contributed by atoms with E-state index in [2.05, 4.69) is 10.4 Å². The first-order valence-electron chi connectivity index (χ1n) is 10.5. The number of benzene rings is 3. The normalized spacial score (nSPS) is 14.1. The summed E-state index contributed by atoms with van der Waals surface area (Å²) in [5.74, 6) is -0.385. The van der Waals surface area contributed by atoms with Gasteiger partial charge in [0.15, 0.2) is 0 Å². The van der Waals surface area contributed by atoms with Crippen molar-refractivity contribution in [1.82, 2.24) is 15.9 Å². The van der Waals surface area contributed by atoms with Crippen molar-refractivity contribution >= 4 is 29.1 Å². The van der Waals surface area contributed by atoms with Crippen LogP contribution in [0.1, 0.15) is 17.2 Å². The minimum absolute atomic E-state index is 0. The monoisotopic (exact) mass is 495 g/mol. The Morgan fingerprint density at radius 3 is 2.44 bits per heavy atom. The van der Waals surface area contributed by atoms with Crippen molar-refractivity contribution in [3.8, 4) is 5.88 Å². The summed E-state index contributed by atoms with van der Waals surface area (Å²) in [5.41, 5.74) is 2.27. The van der Waals surface area contributed by atoms with Crippen LogP contribution >= 0.6 is 23.4 Å². The number of hydrogen-bond donors (Lipinski definition) is 3. The van der Waals surface area contributed by atoms with Crippen molar-refractivity contribution in [2.75, 3.05) is 18.5 Å². The molecule has 5 N–H and O–H groups in total. The van der Waals surface area contributed by atoms with Crippen molar-refractivity contribution in [2.45, 2.75) is 21.9 Å². The first-order chi connectivity index (χ1) is 16.1. The van der Waals surface area contributed by atoms with Crippen LogP contribution in [0.15, 0.2) is 93.4 Å². The molecule has 3 aromatic carbocycles. The second-order valence-corrected chi connectivity index (χ2v) is 9.25. The highest BCUT2D eigenvalue weighted by Crippen LogP contribution is 2.37. The summed E-state index contributed by atoms with van der Waals surface area (Å²) in [7, 11) is 0. The number of nitrogens with zero attached hydrogens (tertiary/aromatic N) is 1. The van der Waals surface area contributed by atoms with Gasteiger partial charge in [0.1, 0.15) is 0 Å². The third kappa shape index (κ3) is 4.85. The summed E-state index contributed by atoms with van der Waals surface area (Å²) in [4.78, 5) is 13.6. The number of anilines is 1. The fraction of sp³-hybridized carbons (Fsp3) is 0.160. The molecule has 1 unspecified atom stereocenters. The highest BCUT2D eigenvalue weighted by molar-refractivity contribution is 7.99. The molecule has 1 aliphatic rings. The van der Waals surface area contributed by atoms with Crippen molar-refractivity contribution < 1.29 is 9.84 Å². The molecule has 4 aromatic rings. The first kappa shape index (κ1) is 24.0. The van der Waals surface area contributed by atoms with E-state index in [1.807, 2.05) is 66.7 Å². The van der Waals surface area contributed by atoms with E-state index in [4.69, 9.17) is 16.3 Å². The van der Waals surface area contributed by atoms with Gasteiger partial charge < -0.3 is 21.3 Å². The van der Waals surface area contributed by atoms with Gasteiger partial charge in [0.25, 0.3) is 5.56 Å². The Labute approximate surface area is 206 Å². The van der Waals surface area contributed by atoms with Crippen LogP contribution in [0.3, 0.4) is 0 Å². The molecule has 1 atom stereocenters. The molecule has 0 saturated carbocycles. The molecule has 1 aliphatic heterocycles. The summed E-state index contributed by atoms with van der Waals surface area (Å²) < 4.78 is 6.66. The molecule has 7 nitrogen and oxygen atoms in total. The Morgan fingerprint density at radius 1 is 1.03 bits per heavy atom. The van der Waals surface area contributed by atoms with Gasteiger partial charge in [0.2, 0.25) is 0 Å². The Hall–Kier alpha value is -3.17. The summed E-state index contributed by atoms with van der Waals surface area (Å²) in [6.07, 6.45) is 0. The number of hydrogen-bond acceptors (Lipinski definition) is 6. The van der Waals surface area contributed by atoms with Gasteiger partial charge in [-0.15, -0.1) is 0 Å². The zero-order chi connectivity index (χ0) is 22.8. The quantitative estimate of drug-likeness (QED) is 0.343. The van der Waals surface area contributed by atoms with Crippen LogP contribution in [0.4, 0.5) is 5.69 Å². The van der Waals surface area contributed by atoms with E-state index >= 15 is 0 Å². The maximum Gasteiger partial charge on any atom is 0.277 e. The molecule has 1 fully saturated rings. The molecule has 176 valence electrons. The van der Waals surface area contributed by atoms with Crippen LogP contribution in [0.25, 0.3) is 0 Å². The Morgan fingerprint density at radius 2 is 1.74 bits per heavy atom. The van der Waals surface area contributed by atoms with Crippen LogP contribution in [-0.2, 0) is 4.74 Å². The molecule has 2 heterocycles. The molecular weight excluding hydrogens is 472 g/mol. The molecular formula is C25H24ClN4O3S-. The highest BCUT2D eigenvalue weighted by Gasteiger charge is 2.22. The first-order valence-corrected chi connectivity index (χ1v) is 11.7. The predicted octanol–water partition coefficient (Wildman–Crippen LogP) is 4.67. The molecule has 0 radical (unpaired) electrons. The average molecular weight is 496 g/mol. The molecule has 34 heavy (non-hydrogen) atoms. The van der Waals surface area contributed by atoms with E-state index in [0.29, 0.717) is 23.1 Å². The third-order valence-electron chi connectivity index (χ3n) is 5.47. The minimum atomic E-state index is -0.494. The van der Waals surface area contributed by atoms with E-state index in [1.165, 1.54) is 4.68 Å². The lowest BCUT2D eigenvalue weighted by Gasteiger charge is -2.29. The van der Waals surface area contributed by atoms with Crippen LogP contribution in [0.5, 0.6) is 5.88 Å². The van der Waals surface area contributed by atoms with Gasteiger partial charge in [-0.1, -0.05) is 78.0 Å². The zero-order valence-corrected chi connectivity index (χ0v) is 19.8. The van der Waals surface area contributed by atoms with E-state index in [1.54, 1.807) is 12.1 Å². The number of H-pyrrole nitrogens is 1. The van der Waals surface area contributed by atoms with Gasteiger partial charge in [0.05, 0.1) is 35.2 Å². The van der Waals surface area contributed by atoms with Gasteiger partial charge >= 0.3 is 0 Å². The molecule has 1 aromatic heterocycles. The maximum absolute atomic E-state index is 13.4. The van der Waals surface area contributed by atoms with Gasteiger partial charge in [-0.2, -0.15) is 0 Å². The SMILES string of the molecule is N.O=c1[nH]n(C(c2ccccc2)c2cccc(NC3COC3)c2)c([O-])c1Sc1ccccc1Cl. The molecule has 9 heteroatoms. The largest absolute Gasteiger partial charge is 0.858 e.